The summed E-state index contributed by atoms with van der Waals surface area (Å²) in [7, 11) is 0. The number of rotatable bonds is 1. The van der Waals surface area contributed by atoms with Crippen LogP contribution in [0.25, 0.3) is 10.4 Å². The minimum absolute atomic E-state index is 0.453. The Morgan fingerprint density at radius 2 is 2.25 bits per heavy atom. The highest BCUT2D eigenvalue weighted by Gasteiger charge is 2.03. The van der Waals surface area contributed by atoms with Gasteiger partial charge in [-0.2, -0.15) is 0 Å². The van der Waals surface area contributed by atoms with E-state index in [0.717, 1.165) is 14.2 Å². The Balaban J connectivity index is 2.43. The van der Waals surface area contributed by atoms with Gasteiger partial charge in [-0.25, -0.2) is 0 Å². The summed E-state index contributed by atoms with van der Waals surface area (Å²) in [5.41, 5.74) is 6.48. The van der Waals surface area contributed by atoms with E-state index in [9.17, 15) is 0 Å². The number of anilines is 1. The van der Waals surface area contributed by atoms with Crippen molar-refractivity contribution in [3.8, 4) is 10.4 Å². The summed E-state index contributed by atoms with van der Waals surface area (Å²) in [5.74, 6) is 0.453. The Morgan fingerprint density at radius 1 is 1.42 bits per heavy atom. The van der Waals surface area contributed by atoms with Crippen LogP contribution in [-0.2, 0) is 0 Å². The number of furan rings is 1. The zero-order valence-corrected chi connectivity index (χ0v) is 8.48. The molecule has 0 spiro atoms. The van der Waals surface area contributed by atoms with Gasteiger partial charge in [0.05, 0.1) is 3.79 Å². The maximum absolute atomic E-state index is 5.45. The van der Waals surface area contributed by atoms with Gasteiger partial charge < -0.3 is 10.2 Å². The average Bonchev–Trinajstić information content (AvgIpc) is 2.58. The Morgan fingerprint density at radius 3 is 2.75 bits per heavy atom. The Kier molecular flexibility index (Phi) is 1.94. The molecule has 0 aliphatic rings. The van der Waals surface area contributed by atoms with Crippen molar-refractivity contribution in [1.29, 1.82) is 0 Å². The Labute approximate surface area is 82.1 Å². The van der Waals surface area contributed by atoms with Crippen molar-refractivity contribution < 1.29 is 4.42 Å². The molecule has 0 saturated heterocycles. The molecular formula is C8H6BrNOS. The fourth-order valence-electron chi connectivity index (χ4n) is 0.951. The summed E-state index contributed by atoms with van der Waals surface area (Å²) in [5, 5.41) is 0. The van der Waals surface area contributed by atoms with Gasteiger partial charge in [0.25, 0.3) is 0 Å². The maximum atomic E-state index is 5.45. The van der Waals surface area contributed by atoms with E-state index in [4.69, 9.17) is 10.2 Å². The molecule has 4 heteroatoms. The van der Waals surface area contributed by atoms with Crippen LogP contribution in [0, 0.1) is 0 Å². The molecule has 0 aliphatic carbocycles. The smallest absolute Gasteiger partial charge is 0.190 e. The molecule has 2 rings (SSSR count). The lowest BCUT2D eigenvalue weighted by Gasteiger charge is -1.84. The van der Waals surface area contributed by atoms with Gasteiger partial charge in [-0.05, 0) is 28.1 Å². The zero-order chi connectivity index (χ0) is 8.55. The highest BCUT2D eigenvalue weighted by Crippen LogP contribution is 2.32. The molecule has 12 heavy (non-hydrogen) atoms. The second-order valence-corrected chi connectivity index (χ2v) is 4.80. The van der Waals surface area contributed by atoms with Gasteiger partial charge in [-0.15, -0.1) is 11.3 Å². The molecule has 0 saturated carbocycles. The second-order valence-electron chi connectivity index (χ2n) is 2.34. The van der Waals surface area contributed by atoms with E-state index >= 15 is 0 Å². The fraction of sp³-hybridized carbons (Fsp3) is 0. The number of hydrogen-bond donors (Lipinski definition) is 1. The highest BCUT2D eigenvalue weighted by atomic mass is 79.9. The molecule has 0 unspecified atom stereocenters. The molecule has 2 aromatic heterocycles. The quantitative estimate of drug-likeness (QED) is 0.835. The molecule has 62 valence electrons. The SMILES string of the molecule is Nc1cc(-c2ccc(Br)s2)co1. The van der Waals surface area contributed by atoms with E-state index in [1.165, 1.54) is 0 Å². The van der Waals surface area contributed by atoms with Crippen molar-refractivity contribution in [2.75, 3.05) is 5.73 Å². The molecule has 2 heterocycles. The standard InChI is InChI=1S/C8H6BrNOS/c9-7-2-1-6(12-7)5-3-8(10)11-4-5/h1-4H,10H2. The second kappa shape index (κ2) is 2.95. The van der Waals surface area contributed by atoms with Crippen LogP contribution >= 0.6 is 27.3 Å². The van der Waals surface area contributed by atoms with Crippen molar-refractivity contribution in [3.05, 3.63) is 28.2 Å². The minimum Gasteiger partial charge on any atom is -0.449 e. The molecule has 0 aliphatic heterocycles. The highest BCUT2D eigenvalue weighted by molar-refractivity contribution is 9.11. The lowest BCUT2D eigenvalue weighted by Crippen LogP contribution is -1.75. The first kappa shape index (κ1) is 7.89. The van der Waals surface area contributed by atoms with E-state index in [-0.39, 0.29) is 0 Å². The molecule has 0 amide bonds. The van der Waals surface area contributed by atoms with Crippen LogP contribution in [0.2, 0.25) is 0 Å². The largest absolute Gasteiger partial charge is 0.449 e. The molecule has 2 N–H and O–H groups in total. The van der Waals surface area contributed by atoms with Crippen molar-refractivity contribution in [3.63, 3.8) is 0 Å². The number of nitrogen functional groups attached to an aromatic ring is 1. The Bertz CT molecular complexity index is 355. The fourth-order valence-corrected chi connectivity index (χ4v) is 2.31. The summed E-state index contributed by atoms with van der Waals surface area (Å²) < 4.78 is 6.11. The molecule has 2 aromatic rings. The van der Waals surface area contributed by atoms with Gasteiger partial charge in [-0.3, -0.25) is 0 Å². The lowest BCUT2D eigenvalue weighted by molar-refractivity contribution is 0.588. The predicted octanol–water partition coefficient (Wildman–Crippen LogP) is 3.35. The van der Waals surface area contributed by atoms with Gasteiger partial charge in [0.1, 0.15) is 6.26 Å². The monoisotopic (exact) mass is 243 g/mol. The third-order valence-corrected chi connectivity index (χ3v) is 3.15. The van der Waals surface area contributed by atoms with E-state index in [1.807, 2.05) is 18.2 Å². The van der Waals surface area contributed by atoms with Gasteiger partial charge in [0.2, 0.25) is 0 Å². The van der Waals surface area contributed by atoms with E-state index < -0.39 is 0 Å². The van der Waals surface area contributed by atoms with E-state index in [2.05, 4.69) is 15.9 Å². The van der Waals surface area contributed by atoms with Crippen LogP contribution in [0.1, 0.15) is 0 Å². The number of halogens is 1. The van der Waals surface area contributed by atoms with Gasteiger partial charge in [0.15, 0.2) is 5.88 Å². The summed E-state index contributed by atoms with van der Waals surface area (Å²) in [6.07, 6.45) is 1.66. The Hall–Kier alpha value is -0.740. The topological polar surface area (TPSA) is 39.2 Å². The summed E-state index contributed by atoms with van der Waals surface area (Å²) in [4.78, 5) is 1.15. The molecule has 2 nitrogen and oxygen atoms in total. The first-order valence-corrected chi connectivity index (χ1v) is 4.96. The van der Waals surface area contributed by atoms with Gasteiger partial charge in [0, 0.05) is 16.5 Å². The molecule has 0 bridgehead atoms. The number of nitrogens with two attached hydrogens (primary N) is 1. The minimum atomic E-state index is 0.453. The normalized spacial score (nSPS) is 10.4. The number of hydrogen-bond acceptors (Lipinski definition) is 3. The van der Waals surface area contributed by atoms with Gasteiger partial charge >= 0.3 is 0 Å². The van der Waals surface area contributed by atoms with Crippen LogP contribution in [-0.4, -0.2) is 0 Å². The van der Waals surface area contributed by atoms with Crippen molar-refractivity contribution in [2.45, 2.75) is 0 Å². The third kappa shape index (κ3) is 1.40. The third-order valence-electron chi connectivity index (χ3n) is 1.48. The molecule has 0 atom stereocenters. The molecule has 0 fully saturated rings. The molecule has 0 radical (unpaired) electrons. The van der Waals surface area contributed by atoms with Crippen molar-refractivity contribution in [2.24, 2.45) is 0 Å². The molecular weight excluding hydrogens is 238 g/mol. The zero-order valence-electron chi connectivity index (χ0n) is 6.08. The van der Waals surface area contributed by atoms with Crippen LogP contribution in [0.3, 0.4) is 0 Å². The van der Waals surface area contributed by atoms with Crippen molar-refractivity contribution >= 4 is 33.2 Å². The first-order valence-electron chi connectivity index (χ1n) is 3.35. The van der Waals surface area contributed by atoms with Crippen LogP contribution in [0.4, 0.5) is 5.88 Å². The summed E-state index contributed by atoms with van der Waals surface area (Å²) in [6, 6.07) is 5.85. The van der Waals surface area contributed by atoms with Crippen LogP contribution in [0.15, 0.2) is 32.7 Å². The van der Waals surface area contributed by atoms with Crippen molar-refractivity contribution in [1.82, 2.24) is 0 Å². The summed E-state index contributed by atoms with van der Waals surface area (Å²) in [6.45, 7) is 0. The average molecular weight is 244 g/mol. The predicted molar refractivity (Wildman–Crippen MR) is 54.1 cm³/mol. The molecule has 0 aromatic carbocycles. The van der Waals surface area contributed by atoms with Crippen LogP contribution < -0.4 is 5.73 Å². The van der Waals surface area contributed by atoms with Crippen LogP contribution in [0.5, 0.6) is 0 Å². The van der Waals surface area contributed by atoms with E-state index in [1.54, 1.807) is 17.6 Å². The first-order chi connectivity index (χ1) is 5.75. The van der Waals surface area contributed by atoms with E-state index in [0.29, 0.717) is 5.88 Å². The summed E-state index contributed by atoms with van der Waals surface area (Å²) >= 11 is 5.05. The van der Waals surface area contributed by atoms with Gasteiger partial charge in [-0.1, -0.05) is 0 Å². The lowest BCUT2D eigenvalue weighted by atomic mass is 10.3. The maximum Gasteiger partial charge on any atom is 0.190 e. The number of thiophene rings is 1.